The minimum atomic E-state index is -0.400. The normalized spacial score (nSPS) is 10.6. The summed E-state index contributed by atoms with van der Waals surface area (Å²) in [6.07, 6.45) is 5.40. The van der Waals surface area contributed by atoms with Gasteiger partial charge in [-0.05, 0) is 38.0 Å². The quantitative estimate of drug-likeness (QED) is 0.464. The smallest absolute Gasteiger partial charge is 0.342 e. The third-order valence-electron chi connectivity index (χ3n) is 4.05. The lowest BCUT2D eigenvalue weighted by Gasteiger charge is -2.08. The molecule has 0 N–H and O–H groups in total. The molecule has 140 valence electrons. The van der Waals surface area contributed by atoms with Gasteiger partial charge in [-0.1, -0.05) is 31.9 Å². The average molecular weight is 358 g/mol. The minimum absolute atomic E-state index is 0.302. The molecule has 0 aliphatic carbocycles. The van der Waals surface area contributed by atoms with E-state index < -0.39 is 5.97 Å². The first-order chi connectivity index (χ1) is 12.6. The standard InChI is InChI=1S/C21H26O5/c1-4-7-8-9-18-19(17(14-26-18)21(23)25-6-3)15-10-12-16(13-11-15)20(22)24-5-2/h10-14H,4-9H2,1-3H3. The fourth-order valence-electron chi connectivity index (χ4n) is 2.78. The highest BCUT2D eigenvalue weighted by molar-refractivity contribution is 5.98. The fourth-order valence-corrected chi connectivity index (χ4v) is 2.78. The van der Waals surface area contributed by atoms with Crippen LogP contribution in [0.2, 0.25) is 0 Å². The maximum absolute atomic E-state index is 12.3. The lowest BCUT2D eigenvalue weighted by atomic mass is 9.98. The number of furan rings is 1. The number of esters is 2. The Bertz CT molecular complexity index is 727. The number of hydrogen-bond acceptors (Lipinski definition) is 5. The van der Waals surface area contributed by atoms with Gasteiger partial charge in [-0.15, -0.1) is 0 Å². The number of aryl methyl sites for hydroxylation is 1. The molecule has 1 heterocycles. The molecular formula is C21H26O5. The predicted octanol–water partition coefficient (Wildman–Crippen LogP) is 5.03. The number of unbranched alkanes of at least 4 members (excludes halogenated alkanes) is 2. The van der Waals surface area contributed by atoms with Gasteiger partial charge < -0.3 is 13.9 Å². The summed E-state index contributed by atoms with van der Waals surface area (Å²) in [5, 5.41) is 0. The molecule has 26 heavy (non-hydrogen) atoms. The fraction of sp³-hybridized carbons (Fsp3) is 0.429. The van der Waals surface area contributed by atoms with Gasteiger partial charge in [0.15, 0.2) is 0 Å². The second-order valence-corrected chi connectivity index (χ2v) is 5.92. The van der Waals surface area contributed by atoms with E-state index in [0.29, 0.717) is 24.3 Å². The van der Waals surface area contributed by atoms with Gasteiger partial charge in [0.1, 0.15) is 17.6 Å². The van der Waals surface area contributed by atoms with Crippen LogP contribution in [-0.2, 0) is 15.9 Å². The average Bonchev–Trinajstić information content (AvgIpc) is 3.06. The Morgan fingerprint density at radius 1 is 0.923 bits per heavy atom. The van der Waals surface area contributed by atoms with Crippen LogP contribution >= 0.6 is 0 Å². The van der Waals surface area contributed by atoms with Crippen molar-refractivity contribution in [1.82, 2.24) is 0 Å². The van der Waals surface area contributed by atoms with Crippen molar-refractivity contribution < 1.29 is 23.5 Å². The first kappa shape index (κ1) is 19.8. The molecule has 0 fully saturated rings. The maximum atomic E-state index is 12.3. The highest BCUT2D eigenvalue weighted by Gasteiger charge is 2.22. The highest BCUT2D eigenvalue weighted by atomic mass is 16.5. The SMILES string of the molecule is CCCCCc1occ(C(=O)OCC)c1-c1ccc(C(=O)OCC)cc1. The summed E-state index contributed by atoms with van der Waals surface area (Å²) in [7, 11) is 0. The van der Waals surface area contributed by atoms with E-state index in [0.717, 1.165) is 42.6 Å². The van der Waals surface area contributed by atoms with E-state index in [9.17, 15) is 9.59 Å². The molecule has 2 aromatic rings. The molecule has 0 unspecified atom stereocenters. The van der Waals surface area contributed by atoms with E-state index >= 15 is 0 Å². The molecule has 1 aromatic heterocycles. The molecule has 2 rings (SSSR count). The Kier molecular flexibility index (Phi) is 7.45. The summed E-state index contributed by atoms with van der Waals surface area (Å²) in [6.45, 7) is 6.31. The van der Waals surface area contributed by atoms with E-state index in [1.165, 1.54) is 6.26 Å². The van der Waals surface area contributed by atoms with Gasteiger partial charge in [-0.2, -0.15) is 0 Å². The Balaban J connectivity index is 2.36. The van der Waals surface area contributed by atoms with E-state index in [1.54, 1.807) is 26.0 Å². The van der Waals surface area contributed by atoms with Crippen molar-refractivity contribution in [3.8, 4) is 11.1 Å². The molecule has 0 radical (unpaired) electrons. The summed E-state index contributed by atoms with van der Waals surface area (Å²) in [5.41, 5.74) is 2.46. The number of rotatable bonds is 9. The maximum Gasteiger partial charge on any atom is 0.342 e. The zero-order valence-corrected chi connectivity index (χ0v) is 15.7. The van der Waals surface area contributed by atoms with Crippen LogP contribution in [0.1, 0.15) is 66.5 Å². The number of carbonyl (C=O) groups excluding carboxylic acids is 2. The Labute approximate surface area is 154 Å². The van der Waals surface area contributed by atoms with Crippen molar-refractivity contribution in [2.24, 2.45) is 0 Å². The van der Waals surface area contributed by atoms with Crippen LogP contribution < -0.4 is 0 Å². The predicted molar refractivity (Wildman–Crippen MR) is 99.3 cm³/mol. The monoisotopic (exact) mass is 358 g/mol. The van der Waals surface area contributed by atoms with Crippen LogP contribution in [-0.4, -0.2) is 25.2 Å². The number of hydrogen-bond donors (Lipinski definition) is 0. The second kappa shape index (κ2) is 9.80. The van der Waals surface area contributed by atoms with Crippen molar-refractivity contribution in [3.05, 3.63) is 47.4 Å². The zero-order chi connectivity index (χ0) is 18.9. The van der Waals surface area contributed by atoms with Crippen molar-refractivity contribution in [3.63, 3.8) is 0 Å². The van der Waals surface area contributed by atoms with Crippen LogP contribution in [0.3, 0.4) is 0 Å². The Morgan fingerprint density at radius 2 is 1.58 bits per heavy atom. The molecule has 0 saturated heterocycles. The van der Waals surface area contributed by atoms with Gasteiger partial charge in [0, 0.05) is 12.0 Å². The minimum Gasteiger partial charge on any atom is -0.468 e. The van der Waals surface area contributed by atoms with E-state index in [1.807, 2.05) is 12.1 Å². The summed E-state index contributed by atoms with van der Waals surface area (Å²) in [6, 6.07) is 7.02. The first-order valence-corrected chi connectivity index (χ1v) is 9.17. The summed E-state index contributed by atoms with van der Waals surface area (Å²) < 4.78 is 15.8. The topological polar surface area (TPSA) is 65.7 Å². The Morgan fingerprint density at radius 3 is 2.19 bits per heavy atom. The van der Waals surface area contributed by atoms with Crippen LogP contribution in [0.25, 0.3) is 11.1 Å². The van der Waals surface area contributed by atoms with Crippen LogP contribution in [0, 0.1) is 0 Å². The molecule has 0 aliphatic heterocycles. The molecule has 0 saturated carbocycles. The molecule has 0 spiro atoms. The van der Waals surface area contributed by atoms with Crippen LogP contribution in [0.15, 0.2) is 34.9 Å². The molecule has 5 heteroatoms. The summed E-state index contributed by atoms with van der Waals surface area (Å²) in [5.74, 6) is 0.00729. The number of benzene rings is 1. The van der Waals surface area contributed by atoms with E-state index in [2.05, 4.69) is 6.92 Å². The van der Waals surface area contributed by atoms with Crippen molar-refractivity contribution in [2.75, 3.05) is 13.2 Å². The van der Waals surface area contributed by atoms with Gasteiger partial charge >= 0.3 is 11.9 Å². The van der Waals surface area contributed by atoms with Gasteiger partial charge in [0.25, 0.3) is 0 Å². The number of carbonyl (C=O) groups is 2. The number of ether oxygens (including phenoxy) is 2. The zero-order valence-electron chi connectivity index (χ0n) is 15.7. The van der Waals surface area contributed by atoms with E-state index in [-0.39, 0.29) is 5.97 Å². The highest BCUT2D eigenvalue weighted by Crippen LogP contribution is 2.32. The first-order valence-electron chi connectivity index (χ1n) is 9.17. The van der Waals surface area contributed by atoms with Gasteiger partial charge in [0.2, 0.25) is 0 Å². The van der Waals surface area contributed by atoms with Gasteiger partial charge in [0.05, 0.1) is 18.8 Å². The largest absolute Gasteiger partial charge is 0.468 e. The molecule has 0 atom stereocenters. The van der Waals surface area contributed by atoms with Crippen molar-refractivity contribution >= 4 is 11.9 Å². The molecular weight excluding hydrogens is 332 g/mol. The third kappa shape index (κ3) is 4.75. The molecule has 1 aromatic carbocycles. The van der Waals surface area contributed by atoms with Crippen molar-refractivity contribution in [2.45, 2.75) is 46.5 Å². The molecule has 0 amide bonds. The summed E-state index contributed by atoms with van der Waals surface area (Å²) >= 11 is 0. The van der Waals surface area contributed by atoms with Crippen LogP contribution in [0.4, 0.5) is 0 Å². The van der Waals surface area contributed by atoms with E-state index in [4.69, 9.17) is 13.9 Å². The lowest BCUT2D eigenvalue weighted by molar-refractivity contribution is 0.0516. The molecule has 0 aliphatic rings. The molecule has 0 bridgehead atoms. The third-order valence-corrected chi connectivity index (χ3v) is 4.05. The van der Waals surface area contributed by atoms with Gasteiger partial charge in [-0.3, -0.25) is 0 Å². The van der Waals surface area contributed by atoms with Gasteiger partial charge in [-0.25, -0.2) is 9.59 Å². The second-order valence-electron chi connectivity index (χ2n) is 5.92. The lowest BCUT2D eigenvalue weighted by Crippen LogP contribution is -2.06. The van der Waals surface area contributed by atoms with Crippen molar-refractivity contribution in [1.29, 1.82) is 0 Å². The van der Waals surface area contributed by atoms with Crippen LogP contribution in [0.5, 0.6) is 0 Å². The Hall–Kier alpha value is -2.56. The molecule has 5 nitrogen and oxygen atoms in total. The summed E-state index contributed by atoms with van der Waals surface area (Å²) in [4.78, 5) is 24.1.